The quantitative estimate of drug-likeness (QED) is 0.189. The molecule has 7 nitrogen and oxygen atoms in total. The molecular formula is C15H36NO6PSi+. The third kappa shape index (κ3) is 10.9. The van der Waals surface area contributed by atoms with E-state index >= 15 is 0 Å². The molecule has 3 N–H and O–H groups in total. The average molecular weight is 386 g/mol. The SMILES string of the molecule is CCO[Si](CC(CNCCP(=O)(OCC)OCC)C(C)[OH2+])OCC. The fourth-order valence-electron chi connectivity index (χ4n) is 2.18. The molecule has 0 aromatic carbocycles. The first-order valence-corrected chi connectivity index (χ1v) is 12.1. The van der Waals surface area contributed by atoms with Gasteiger partial charge in [-0.2, -0.15) is 0 Å². The van der Waals surface area contributed by atoms with Gasteiger partial charge in [0.2, 0.25) is 0 Å². The zero-order valence-corrected chi connectivity index (χ0v) is 17.7. The summed E-state index contributed by atoms with van der Waals surface area (Å²) in [5.41, 5.74) is 0. The highest BCUT2D eigenvalue weighted by atomic mass is 31.2. The predicted octanol–water partition coefficient (Wildman–Crippen LogP) is 2.13. The van der Waals surface area contributed by atoms with Crippen LogP contribution in [0.5, 0.6) is 0 Å². The van der Waals surface area contributed by atoms with Gasteiger partial charge in [-0.25, -0.2) is 0 Å². The molecule has 9 heteroatoms. The van der Waals surface area contributed by atoms with Crippen molar-refractivity contribution < 1.29 is 27.6 Å². The van der Waals surface area contributed by atoms with Crippen LogP contribution in [0.2, 0.25) is 6.04 Å². The maximum atomic E-state index is 12.4. The van der Waals surface area contributed by atoms with E-state index in [4.69, 9.17) is 23.0 Å². The molecule has 0 aliphatic heterocycles. The number of nitrogens with one attached hydrogen (secondary N) is 1. The number of hydrogen-bond acceptors (Lipinski definition) is 6. The highest BCUT2D eigenvalue weighted by Gasteiger charge is 2.28. The lowest BCUT2D eigenvalue weighted by Gasteiger charge is -2.22. The van der Waals surface area contributed by atoms with Crippen LogP contribution in [0.3, 0.4) is 0 Å². The summed E-state index contributed by atoms with van der Waals surface area (Å²) in [5.74, 6) is 0.135. The molecule has 0 aromatic rings. The summed E-state index contributed by atoms with van der Waals surface area (Å²) in [6.45, 7) is 12.6. The second-order valence-corrected chi connectivity index (χ2v) is 9.28. The van der Waals surface area contributed by atoms with Crippen molar-refractivity contribution in [2.24, 2.45) is 5.92 Å². The molecular weight excluding hydrogens is 349 g/mol. The van der Waals surface area contributed by atoms with Crippen LogP contribution in [0, 0.1) is 5.92 Å². The molecule has 0 heterocycles. The van der Waals surface area contributed by atoms with Gasteiger partial charge in [0.05, 0.1) is 19.4 Å². The topological polar surface area (TPSA) is 88.9 Å². The van der Waals surface area contributed by atoms with Crippen molar-refractivity contribution in [3.63, 3.8) is 0 Å². The van der Waals surface area contributed by atoms with Crippen molar-refractivity contribution in [1.29, 1.82) is 0 Å². The zero-order valence-electron chi connectivity index (χ0n) is 15.8. The fourth-order valence-corrected chi connectivity index (χ4v) is 5.63. The lowest BCUT2D eigenvalue weighted by atomic mass is 10.1. The van der Waals surface area contributed by atoms with Gasteiger partial charge < -0.3 is 28.3 Å². The lowest BCUT2D eigenvalue weighted by Crippen LogP contribution is -2.36. The normalized spacial score (nSPS) is 15.0. The molecule has 0 amide bonds. The van der Waals surface area contributed by atoms with Crippen LogP contribution in [-0.4, -0.2) is 66.2 Å². The molecule has 1 radical (unpaired) electrons. The van der Waals surface area contributed by atoms with E-state index in [9.17, 15) is 4.57 Å². The van der Waals surface area contributed by atoms with Crippen molar-refractivity contribution in [3.05, 3.63) is 0 Å². The fraction of sp³-hybridized carbons (Fsp3) is 1.00. The summed E-state index contributed by atoms with van der Waals surface area (Å²) in [5, 5.41) is 11.3. The molecule has 0 aliphatic carbocycles. The van der Waals surface area contributed by atoms with Crippen LogP contribution in [0.4, 0.5) is 0 Å². The van der Waals surface area contributed by atoms with Gasteiger partial charge in [-0.3, -0.25) is 4.57 Å². The first-order valence-electron chi connectivity index (χ1n) is 8.83. The Morgan fingerprint density at radius 2 is 1.58 bits per heavy atom. The van der Waals surface area contributed by atoms with Crippen LogP contribution in [-0.2, 0) is 22.5 Å². The summed E-state index contributed by atoms with van der Waals surface area (Å²) in [6, 6.07) is 0.762. The van der Waals surface area contributed by atoms with Gasteiger partial charge in [-0.15, -0.1) is 0 Å². The molecule has 0 bridgehead atoms. The minimum atomic E-state index is -3.00. The minimum Gasteiger partial charge on any atom is -0.443 e. The van der Waals surface area contributed by atoms with Crippen molar-refractivity contribution in [3.8, 4) is 0 Å². The minimum absolute atomic E-state index is 0.135. The predicted molar refractivity (Wildman–Crippen MR) is 99.0 cm³/mol. The Morgan fingerprint density at radius 3 is 2.00 bits per heavy atom. The average Bonchev–Trinajstić information content (AvgIpc) is 2.51. The molecule has 145 valence electrons. The molecule has 24 heavy (non-hydrogen) atoms. The van der Waals surface area contributed by atoms with Crippen LogP contribution in [0.15, 0.2) is 0 Å². The number of hydrogen-bond donors (Lipinski definition) is 1. The maximum Gasteiger partial charge on any atom is 0.385 e. The molecule has 0 saturated carbocycles. The summed E-state index contributed by atoms with van der Waals surface area (Å²) < 4.78 is 34.3. The molecule has 0 aromatic heterocycles. The Morgan fingerprint density at radius 1 is 1.04 bits per heavy atom. The van der Waals surface area contributed by atoms with E-state index in [0.29, 0.717) is 45.7 Å². The van der Waals surface area contributed by atoms with E-state index in [2.05, 4.69) is 5.32 Å². The Hall–Kier alpha value is 0.207. The van der Waals surface area contributed by atoms with Crippen molar-refractivity contribution in [2.75, 3.05) is 45.7 Å². The Bertz CT molecular complexity index is 332. The van der Waals surface area contributed by atoms with Crippen molar-refractivity contribution >= 4 is 16.9 Å². The summed E-state index contributed by atoms with van der Waals surface area (Å²) in [7, 11) is -4.34. The third-order valence-corrected chi connectivity index (χ3v) is 7.52. The Labute approximate surface area is 148 Å². The smallest absolute Gasteiger partial charge is 0.385 e. The highest BCUT2D eigenvalue weighted by Crippen LogP contribution is 2.47. The molecule has 0 fully saturated rings. The van der Waals surface area contributed by atoms with E-state index in [1.165, 1.54) is 0 Å². The van der Waals surface area contributed by atoms with Gasteiger partial charge in [0.1, 0.15) is 0 Å². The highest BCUT2D eigenvalue weighted by molar-refractivity contribution is 7.53. The summed E-state index contributed by atoms with van der Waals surface area (Å²) >= 11 is 0. The van der Waals surface area contributed by atoms with E-state index in [1.54, 1.807) is 0 Å². The Kier molecular flexibility index (Phi) is 14.5. The van der Waals surface area contributed by atoms with Crippen molar-refractivity contribution in [1.82, 2.24) is 5.32 Å². The van der Waals surface area contributed by atoms with E-state index in [-0.39, 0.29) is 12.0 Å². The first kappa shape index (κ1) is 24.2. The van der Waals surface area contributed by atoms with E-state index in [1.807, 2.05) is 34.6 Å². The van der Waals surface area contributed by atoms with Gasteiger partial charge >= 0.3 is 16.9 Å². The second-order valence-electron chi connectivity index (χ2n) is 5.37. The van der Waals surface area contributed by atoms with Crippen LogP contribution >= 0.6 is 7.60 Å². The molecule has 2 unspecified atom stereocenters. The lowest BCUT2D eigenvalue weighted by molar-refractivity contribution is 0.123. The third-order valence-electron chi connectivity index (χ3n) is 3.37. The molecule has 0 rings (SSSR count). The molecule has 0 aliphatic rings. The van der Waals surface area contributed by atoms with Gasteiger partial charge in [0.25, 0.3) is 0 Å². The van der Waals surface area contributed by atoms with Crippen LogP contribution in [0.1, 0.15) is 34.6 Å². The van der Waals surface area contributed by atoms with Gasteiger partial charge in [-0.05, 0) is 27.7 Å². The maximum absolute atomic E-state index is 12.4. The van der Waals surface area contributed by atoms with Crippen LogP contribution in [0.25, 0.3) is 0 Å². The molecule has 0 saturated heterocycles. The summed E-state index contributed by atoms with van der Waals surface area (Å²) in [6.07, 6.45) is 0.117. The summed E-state index contributed by atoms with van der Waals surface area (Å²) in [4.78, 5) is 0. The first-order chi connectivity index (χ1) is 11.4. The molecule has 0 spiro atoms. The van der Waals surface area contributed by atoms with Gasteiger partial charge in [0, 0.05) is 45.2 Å². The second kappa shape index (κ2) is 14.4. The Balaban J connectivity index is 4.36. The van der Waals surface area contributed by atoms with Gasteiger partial charge in [0.15, 0.2) is 6.10 Å². The van der Waals surface area contributed by atoms with Crippen LogP contribution < -0.4 is 5.32 Å². The zero-order chi connectivity index (χ0) is 18.4. The largest absolute Gasteiger partial charge is 0.443 e. The standard InChI is InChI=1S/C15H35NO6PSi/c1-6-19-23(18,20-7-2)11-10-16-12-15(14(5)17)13-24(21-8-3)22-9-4/h14-17H,6-13H2,1-5H3/p+1. The molecule has 2 atom stereocenters. The van der Waals surface area contributed by atoms with Gasteiger partial charge in [-0.1, -0.05) is 0 Å². The van der Waals surface area contributed by atoms with E-state index in [0.717, 1.165) is 6.04 Å². The van der Waals surface area contributed by atoms with E-state index < -0.39 is 16.9 Å². The van der Waals surface area contributed by atoms with Crippen molar-refractivity contribution in [2.45, 2.75) is 46.8 Å². The monoisotopic (exact) mass is 385 g/mol. The number of rotatable bonds is 16.